The van der Waals surface area contributed by atoms with E-state index in [0.717, 1.165) is 0 Å². The molecule has 1 fully saturated rings. The van der Waals surface area contributed by atoms with Crippen molar-refractivity contribution in [3.05, 3.63) is 0 Å². The summed E-state index contributed by atoms with van der Waals surface area (Å²) in [6.45, 7) is 1.78. The minimum absolute atomic E-state index is 0.243. The van der Waals surface area contributed by atoms with Crippen molar-refractivity contribution in [2.24, 2.45) is 5.41 Å². The maximum atomic E-state index is 12.3. The number of hydrogen-bond donors (Lipinski definition) is 0. The summed E-state index contributed by atoms with van der Waals surface area (Å²) in [6, 6.07) is 1.94. The maximum absolute atomic E-state index is 12.3. The molecule has 0 heterocycles. The molecule has 0 unspecified atom stereocenters. The van der Waals surface area contributed by atoms with Gasteiger partial charge in [-0.3, -0.25) is 0 Å². The van der Waals surface area contributed by atoms with Gasteiger partial charge in [0.25, 0.3) is 5.92 Å². The standard InChI is InChI=1S/C7H9F2N/c1-2-6(5-10)3-7(8,9)4-6/h2-4H2,1H3. The fourth-order valence-corrected chi connectivity index (χ4v) is 1.35. The van der Waals surface area contributed by atoms with E-state index < -0.39 is 11.3 Å². The minimum Gasteiger partial charge on any atom is -0.207 e. The second-order valence-corrected chi connectivity index (χ2v) is 2.96. The fourth-order valence-electron chi connectivity index (χ4n) is 1.35. The molecule has 0 radical (unpaired) electrons. The summed E-state index contributed by atoms with van der Waals surface area (Å²) in [5, 5.41) is 8.49. The predicted octanol–water partition coefficient (Wildman–Crippen LogP) is 2.34. The molecule has 1 rings (SSSR count). The highest BCUT2D eigenvalue weighted by Gasteiger charge is 2.55. The van der Waals surface area contributed by atoms with Crippen LogP contribution < -0.4 is 0 Å². The van der Waals surface area contributed by atoms with Gasteiger partial charge in [-0.25, -0.2) is 8.78 Å². The summed E-state index contributed by atoms with van der Waals surface area (Å²) in [5.41, 5.74) is -0.705. The molecular weight excluding hydrogens is 136 g/mol. The molecule has 0 aromatic heterocycles. The first-order valence-corrected chi connectivity index (χ1v) is 3.33. The van der Waals surface area contributed by atoms with Gasteiger partial charge in [0.15, 0.2) is 0 Å². The van der Waals surface area contributed by atoms with Gasteiger partial charge in [0.05, 0.1) is 11.5 Å². The summed E-state index contributed by atoms with van der Waals surface area (Å²) in [4.78, 5) is 0. The van der Waals surface area contributed by atoms with Crippen LogP contribution in [0.15, 0.2) is 0 Å². The first kappa shape index (κ1) is 7.46. The molecule has 1 nitrogen and oxygen atoms in total. The van der Waals surface area contributed by atoms with E-state index in [9.17, 15) is 8.78 Å². The number of nitrogens with zero attached hydrogens (tertiary/aromatic N) is 1. The molecule has 0 aromatic carbocycles. The van der Waals surface area contributed by atoms with Gasteiger partial charge >= 0.3 is 0 Å². The van der Waals surface area contributed by atoms with E-state index in [0.29, 0.717) is 6.42 Å². The third kappa shape index (κ3) is 0.985. The maximum Gasteiger partial charge on any atom is 0.251 e. The average molecular weight is 145 g/mol. The van der Waals surface area contributed by atoms with Crippen LogP contribution in [0, 0.1) is 16.7 Å². The second-order valence-electron chi connectivity index (χ2n) is 2.96. The van der Waals surface area contributed by atoms with Crippen LogP contribution >= 0.6 is 0 Å². The van der Waals surface area contributed by atoms with Crippen LogP contribution in [0.4, 0.5) is 8.78 Å². The minimum atomic E-state index is -2.56. The number of rotatable bonds is 1. The summed E-state index contributed by atoms with van der Waals surface area (Å²) in [6.07, 6.45) is 0.0547. The Hall–Kier alpha value is -0.650. The van der Waals surface area contributed by atoms with Gasteiger partial charge < -0.3 is 0 Å². The first-order valence-electron chi connectivity index (χ1n) is 3.33. The van der Waals surface area contributed by atoms with Crippen LogP contribution in [0.25, 0.3) is 0 Å². The lowest BCUT2D eigenvalue weighted by atomic mass is 9.65. The van der Waals surface area contributed by atoms with Crippen molar-refractivity contribution in [3.63, 3.8) is 0 Å². The summed E-state index contributed by atoms with van der Waals surface area (Å²) >= 11 is 0. The van der Waals surface area contributed by atoms with Gasteiger partial charge in [0, 0.05) is 12.8 Å². The highest BCUT2D eigenvalue weighted by molar-refractivity contribution is 5.10. The van der Waals surface area contributed by atoms with E-state index >= 15 is 0 Å². The average Bonchev–Trinajstić information content (AvgIpc) is 1.82. The molecule has 56 valence electrons. The summed E-state index contributed by atoms with van der Waals surface area (Å²) < 4.78 is 24.5. The highest BCUT2D eigenvalue weighted by Crippen LogP contribution is 2.53. The van der Waals surface area contributed by atoms with Crippen LogP contribution in [0.3, 0.4) is 0 Å². The first-order chi connectivity index (χ1) is 4.54. The molecule has 0 amide bonds. The molecule has 10 heavy (non-hydrogen) atoms. The zero-order valence-corrected chi connectivity index (χ0v) is 5.82. The van der Waals surface area contributed by atoms with Gasteiger partial charge in [0.1, 0.15) is 0 Å². The molecule has 0 N–H and O–H groups in total. The van der Waals surface area contributed by atoms with Gasteiger partial charge in [-0.2, -0.15) is 5.26 Å². The molecule has 1 aliphatic rings. The van der Waals surface area contributed by atoms with Crippen molar-refractivity contribution in [1.29, 1.82) is 5.26 Å². The molecule has 1 aliphatic carbocycles. The number of hydrogen-bond acceptors (Lipinski definition) is 1. The van der Waals surface area contributed by atoms with Crippen molar-refractivity contribution in [2.75, 3.05) is 0 Å². The lowest BCUT2D eigenvalue weighted by Gasteiger charge is -2.41. The van der Waals surface area contributed by atoms with Gasteiger partial charge in [-0.15, -0.1) is 0 Å². The monoisotopic (exact) mass is 145 g/mol. The molecule has 0 aliphatic heterocycles. The van der Waals surface area contributed by atoms with E-state index in [-0.39, 0.29) is 12.8 Å². The number of nitriles is 1. The van der Waals surface area contributed by atoms with Gasteiger partial charge in [-0.1, -0.05) is 6.92 Å². The molecule has 1 saturated carbocycles. The topological polar surface area (TPSA) is 23.8 Å². The molecular formula is C7H9F2N. The van der Waals surface area contributed by atoms with Crippen LogP contribution in [0.5, 0.6) is 0 Å². The van der Waals surface area contributed by atoms with Crippen molar-refractivity contribution < 1.29 is 8.78 Å². The van der Waals surface area contributed by atoms with Crippen molar-refractivity contribution >= 4 is 0 Å². The highest BCUT2D eigenvalue weighted by atomic mass is 19.3. The third-order valence-corrected chi connectivity index (χ3v) is 2.11. The van der Waals surface area contributed by atoms with Gasteiger partial charge in [-0.05, 0) is 6.42 Å². The molecule has 0 atom stereocenters. The lowest BCUT2D eigenvalue weighted by Crippen LogP contribution is -2.44. The van der Waals surface area contributed by atoms with Crippen LogP contribution in [-0.2, 0) is 0 Å². The van der Waals surface area contributed by atoms with E-state index in [1.165, 1.54) is 0 Å². The van der Waals surface area contributed by atoms with E-state index in [4.69, 9.17) is 5.26 Å². The Morgan fingerprint density at radius 3 is 2.10 bits per heavy atom. The second kappa shape index (κ2) is 1.91. The Morgan fingerprint density at radius 1 is 1.50 bits per heavy atom. The van der Waals surface area contributed by atoms with Crippen molar-refractivity contribution in [2.45, 2.75) is 32.1 Å². The Kier molecular flexibility index (Phi) is 1.43. The molecule has 0 spiro atoms. The van der Waals surface area contributed by atoms with Crippen LogP contribution in [0.1, 0.15) is 26.2 Å². The lowest BCUT2D eigenvalue weighted by molar-refractivity contribution is -0.139. The quantitative estimate of drug-likeness (QED) is 0.555. The fraction of sp³-hybridized carbons (Fsp3) is 0.857. The zero-order chi connectivity index (χ0) is 7.83. The molecule has 0 saturated heterocycles. The smallest absolute Gasteiger partial charge is 0.207 e. The van der Waals surface area contributed by atoms with E-state index in [1.54, 1.807) is 6.92 Å². The van der Waals surface area contributed by atoms with Crippen molar-refractivity contribution in [1.82, 2.24) is 0 Å². The third-order valence-electron chi connectivity index (χ3n) is 2.11. The number of alkyl halides is 2. The summed E-state index contributed by atoms with van der Waals surface area (Å²) in [7, 11) is 0. The van der Waals surface area contributed by atoms with E-state index in [2.05, 4.69) is 0 Å². The zero-order valence-electron chi connectivity index (χ0n) is 5.82. The molecule has 0 bridgehead atoms. The molecule has 0 aromatic rings. The molecule has 3 heteroatoms. The van der Waals surface area contributed by atoms with Crippen molar-refractivity contribution in [3.8, 4) is 6.07 Å². The van der Waals surface area contributed by atoms with Crippen LogP contribution in [-0.4, -0.2) is 5.92 Å². The van der Waals surface area contributed by atoms with Gasteiger partial charge in [0.2, 0.25) is 0 Å². The largest absolute Gasteiger partial charge is 0.251 e. The van der Waals surface area contributed by atoms with E-state index in [1.807, 2.05) is 6.07 Å². The predicted molar refractivity (Wildman–Crippen MR) is 32.5 cm³/mol. The summed E-state index contributed by atoms with van der Waals surface area (Å²) in [5.74, 6) is -2.56. The van der Waals surface area contributed by atoms with Crippen LogP contribution in [0.2, 0.25) is 0 Å². The Bertz CT molecular complexity index is 173. The SMILES string of the molecule is CCC1(C#N)CC(F)(F)C1. The number of halogens is 2. The Labute approximate surface area is 58.6 Å². The Morgan fingerprint density at radius 2 is 2.00 bits per heavy atom. The normalized spacial score (nSPS) is 26.6. The Balaban J connectivity index is 2.57.